The van der Waals surface area contributed by atoms with Gasteiger partial charge < -0.3 is 89.7 Å². The molecule has 0 bridgehead atoms. The maximum Gasteiger partial charge on any atom is 0.330 e. The van der Waals surface area contributed by atoms with Crippen molar-refractivity contribution in [1.29, 1.82) is 0 Å². The van der Waals surface area contributed by atoms with Crippen LogP contribution in [-0.4, -0.2) is 147 Å². The number of esters is 1. The molecule has 3 aromatic carbocycles. The number of hydrogen-bond donors (Lipinski definition) is 12. The first kappa shape index (κ1) is 39.3. The second-order valence-corrected chi connectivity index (χ2v) is 12.9. The molecule has 13 N–H and O–H groups in total. The average Bonchev–Trinajstić information content (AvgIpc) is 3.16. The summed E-state index contributed by atoms with van der Waals surface area (Å²) in [4.78, 5) is 12.5. The Morgan fingerprint density at radius 3 is 1.98 bits per heavy atom. The molecule has 3 aromatic rings. The lowest BCUT2D eigenvalue weighted by Crippen LogP contribution is -2.60. The summed E-state index contributed by atoms with van der Waals surface area (Å²) in [6, 6.07) is 9.85. The van der Waals surface area contributed by atoms with Gasteiger partial charge in [0.15, 0.2) is 28.8 Å². The van der Waals surface area contributed by atoms with Gasteiger partial charge in [-0.1, -0.05) is 6.07 Å². The second kappa shape index (κ2) is 16.2. The maximum absolute atomic E-state index is 12.5. The number of phenols is 5. The largest absolute Gasteiger partial charge is 0.571 e. The highest BCUT2D eigenvalue weighted by Gasteiger charge is 2.48. The molecule has 0 aromatic heterocycles. The van der Waals surface area contributed by atoms with Crippen LogP contribution >= 0.6 is 0 Å². The quantitative estimate of drug-likeness (QED) is 0.0499. The minimum absolute atomic E-state index is 0.0467. The average molecular weight is 776 g/mol. The van der Waals surface area contributed by atoms with Gasteiger partial charge in [0.2, 0.25) is 12.6 Å². The predicted molar refractivity (Wildman–Crippen MR) is 182 cm³/mol. The van der Waals surface area contributed by atoms with Crippen LogP contribution in [0.4, 0.5) is 0 Å². The Morgan fingerprint density at radius 2 is 1.33 bits per heavy atom. The van der Waals surface area contributed by atoms with Gasteiger partial charge in [0.05, 0.1) is 18.2 Å². The van der Waals surface area contributed by atoms with E-state index < -0.39 is 104 Å². The summed E-state index contributed by atoms with van der Waals surface area (Å²) < 4.78 is 32.9. The molecule has 3 aliphatic rings. The van der Waals surface area contributed by atoms with Gasteiger partial charge in [-0.3, -0.25) is 0 Å². The number of aromatic hydroxyl groups is 6. The highest BCUT2D eigenvalue weighted by molar-refractivity contribution is 5.87. The van der Waals surface area contributed by atoms with Crippen molar-refractivity contribution in [2.45, 2.75) is 67.5 Å². The van der Waals surface area contributed by atoms with Crippen LogP contribution < -0.4 is 4.74 Å². The van der Waals surface area contributed by atoms with Gasteiger partial charge in [-0.25, -0.2) is 4.79 Å². The molecule has 19 heteroatoms. The Labute approximate surface area is 310 Å². The highest BCUT2D eigenvalue weighted by Crippen LogP contribution is 2.47. The number of aliphatic hydroxyl groups excluding tert-OH is 7. The van der Waals surface area contributed by atoms with E-state index in [1.54, 1.807) is 0 Å². The SMILES string of the molecule is O=C(C=Cc1ccc(O)c(O)c1)OCC1OC(OC2=Cc3c(OC4OC(CO)C(O)C(O)C4O)cc(O)cc3[OH+]C2c2ccc(O)c(O)c2)C(O)C(O)C1O. The molecule has 296 valence electrons. The number of fused-ring (bicyclic) bond motifs is 1. The van der Waals surface area contributed by atoms with Gasteiger partial charge in [-0.2, -0.15) is 0 Å². The molecule has 11 atom stereocenters. The van der Waals surface area contributed by atoms with Crippen molar-refractivity contribution < 1.29 is 94.5 Å². The van der Waals surface area contributed by atoms with E-state index in [4.69, 9.17) is 23.7 Å². The van der Waals surface area contributed by atoms with Crippen LogP contribution in [0.25, 0.3) is 12.2 Å². The molecule has 0 aliphatic carbocycles. The fourth-order valence-corrected chi connectivity index (χ4v) is 6.02. The molecule has 3 aliphatic heterocycles. The molecule has 3 heterocycles. The molecule has 6 rings (SSSR count). The standard InChI is InChI=1S/C36H38O19/c37-12-25-28(44)30(46)32(48)35(54-25)52-23-10-16(38)9-22-17(23)11-24(34(51-22)15-3-5-19(40)21(42)8-15)53-36-33(49)31(47)29(45)26(55-36)13-50-27(43)6-2-14-1-4-18(39)20(41)7-14/h1-11,25-26,28-42,44-49H,12-13H2/p+1. The van der Waals surface area contributed by atoms with Crippen molar-refractivity contribution in [3.63, 3.8) is 0 Å². The van der Waals surface area contributed by atoms with Gasteiger partial charge in [-0.05, 0) is 42.0 Å². The van der Waals surface area contributed by atoms with Crippen LogP contribution in [0.1, 0.15) is 22.8 Å². The lowest BCUT2D eigenvalue weighted by atomic mass is 9.98. The van der Waals surface area contributed by atoms with E-state index >= 15 is 0 Å². The molecule has 2 fully saturated rings. The Morgan fingerprint density at radius 1 is 0.709 bits per heavy atom. The van der Waals surface area contributed by atoms with Crippen LogP contribution in [0.3, 0.4) is 0 Å². The van der Waals surface area contributed by atoms with E-state index in [0.29, 0.717) is 5.56 Å². The zero-order valence-corrected chi connectivity index (χ0v) is 28.4. The fraction of sp³-hybridized carbons (Fsp3) is 0.361. The summed E-state index contributed by atoms with van der Waals surface area (Å²) in [6.45, 7) is -1.39. The lowest BCUT2D eigenvalue weighted by Gasteiger charge is -2.41. The van der Waals surface area contributed by atoms with E-state index in [2.05, 4.69) is 4.74 Å². The predicted octanol–water partition coefficient (Wildman–Crippen LogP) is -1.19. The molecule has 0 radical (unpaired) electrons. The molecular weight excluding hydrogens is 736 g/mol. The molecule has 2 saturated heterocycles. The van der Waals surface area contributed by atoms with Crippen LogP contribution in [0.15, 0.2) is 60.4 Å². The third kappa shape index (κ3) is 8.34. The van der Waals surface area contributed by atoms with Gasteiger partial charge in [0.25, 0.3) is 11.9 Å². The normalized spacial score (nSPS) is 30.5. The number of aliphatic hydroxyl groups is 8. The zero-order chi connectivity index (χ0) is 39.7. The summed E-state index contributed by atoms with van der Waals surface area (Å²) in [5.74, 6) is -3.42. The van der Waals surface area contributed by atoms with Crippen molar-refractivity contribution in [1.82, 2.24) is 0 Å². The number of carbonyl (C=O) groups excluding carboxylic acids is 1. The highest BCUT2D eigenvalue weighted by atomic mass is 16.7. The summed E-state index contributed by atoms with van der Waals surface area (Å²) in [5, 5.41) is 123. The van der Waals surface area contributed by atoms with Crippen molar-refractivity contribution in [3.05, 3.63) is 77.1 Å². The minimum Gasteiger partial charge on any atom is -0.571 e. The Bertz CT molecular complexity index is 1930. The number of benzene rings is 3. The van der Waals surface area contributed by atoms with Crippen molar-refractivity contribution in [3.8, 4) is 40.2 Å². The van der Waals surface area contributed by atoms with Crippen molar-refractivity contribution in [2.75, 3.05) is 13.2 Å². The van der Waals surface area contributed by atoms with Crippen LogP contribution in [-0.2, 0) is 23.7 Å². The summed E-state index contributed by atoms with van der Waals surface area (Å²) in [6.07, 6.45) is -14.8. The molecule has 11 unspecified atom stereocenters. The third-order valence-electron chi connectivity index (χ3n) is 9.06. The van der Waals surface area contributed by atoms with Crippen LogP contribution in [0.5, 0.6) is 40.2 Å². The third-order valence-corrected chi connectivity index (χ3v) is 9.06. The van der Waals surface area contributed by atoms with Crippen LogP contribution in [0, 0.1) is 0 Å². The van der Waals surface area contributed by atoms with Gasteiger partial charge in [-0.15, -0.1) is 0 Å². The van der Waals surface area contributed by atoms with E-state index in [-0.39, 0.29) is 39.9 Å². The van der Waals surface area contributed by atoms with E-state index in [9.17, 15) is 66.1 Å². The van der Waals surface area contributed by atoms with E-state index in [0.717, 1.165) is 18.2 Å². The number of hydrogen-bond acceptors (Lipinski definition) is 18. The molecular formula is C36H39O19+. The molecule has 19 nitrogen and oxygen atoms in total. The number of rotatable bonds is 10. The summed E-state index contributed by atoms with van der Waals surface area (Å²) in [7, 11) is 0. The van der Waals surface area contributed by atoms with Gasteiger partial charge in [0.1, 0.15) is 72.5 Å². The maximum atomic E-state index is 12.5. The van der Waals surface area contributed by atoms with E-state index in [1.165, 1.54) is 48.6 Å². The topological polar surface area (TPSA) is 319 Å². The van der Waals surface area contributed by atoms with E-state index in [1.807, 2.05) is 0 Å². The smallest absolute Gasteiger partial charge is 0.330 e. The monoisotopic (exact) mass is 775 g/mol. The summed E-state index contributed by atoms with van der Waals surface area (Å²) in [5.41, 5.74) is 0.612. The Balaban J connectivity index is 1.27. The first-order valence-corrected chi connectivity index (χ1v) is 16.7. The molecule has 0 amide bonds. The number of phenolic OH excluding ortho intramolecular Hbond substituents is 5. The minimum atomic E-state index is -1.91. The van der Waals surface area contributed by atoms with Crippen molar-refractivity contribution >= 4 is 18.1 Å². The van der Waals surface area contributed by atoms with Gasteiger partial charge in [0, 0.05) is 18.2 Å². The molecule has 0 saturated carbocycles. The fourth-order valence-electron chi connectivity index (χ4n) is 6.02. The van der Waals surface area contributed by atoms with Crippen LogP contribution in [0.2, 0.25) is 0 Å². The number of ether oxygens (including phenoxy) is 6. The lowest BCUT2D eigenvalue weighted by molar-refractivity contribution is -0.296. The first-order chi connectivity index (χ1) is 26.1. The Kier molecular flexibility index (Phi) is 11.6. The van der Waals surface area contributed by atoms with Gasteiger partial charge >= 0.3 is 5.97 Å². The first-order valence-electron chi connectivity index (χ1n) is 16.7. The number of carbonyl (C=O) groups is 1. The molecule has 0 spiro atoms. The Hall–Kier alpha value is -5.35. The zero-order valence-electron chi connectivity index (χ0n) is 28.4. The second-order valence-electron chi connectivity index (χ2n) is 12.9. The summed E-state index contributed by atoms with van der Waals surface area (Å²) >= 11 is 0. The molecule has 55 heavy (non-hydrogen) atoms. The van der Waals surface area contributed by atoms with Crippen molar-refractivity contribution in [2.24, 2.45) is 0 Å².